The SMILES string of the molecule is C[C@H]1CCCC[C@@H]1NC(=O)CN1CCN(S(=O)(=O)c2cccc(Cl)c2)CC1. The minimum absolute atomic E-state index is 0.0416. The zero-order valence-corrected chi connectivity index (χ0v) is 17.3. The molecular formula is C19H28ClN3O3S. The lowest BCUT2D eigenvalue weighted by Gasteiger charge is -2.34. The number of rotatable bonds is 5. The van der Waals surface area contributed by atoms with E-state index in [1.807, 2.05) is 4.90 Å². The number of benzene rings is 1. The maximum atomic E-state index is 12.7. The molecule has 2 aliphatic rings. The molecule has 1 aliphatic carbocycles. The van der Waals surface area contributed by atoms with E-state index in [2.05, 4.69) is 12.2 Å². The van der Waals surface area contributed by atoms with Crippen molar-refractivity contribution in [1.29, 1.82) is 0 Å². The summed E-state index contributed by atoms with van der Waals surface area (Å²) >= 11 is 5.92. The van der Waals surface area contributed by atoms with E-state index in [1.165, 1.54) is 29.6 Å². The van der Waals surface area contributed by atoms with Crippen LogP contribution >= 0.6 is 11.6 Å². The van der Waals surface area contributed by atoms with Crippen LogP contribution in [0.3, 0.4) is 0 Å². The molecule has 27 heavy (non-hydrogen) atoms. The van der Waals surface area contributed by atoms with Gasteiger partial charge in [0.05, 0.1) is 11.4 Å². The summed E-state index contributed by atoms with van der Waals surface area (Å²) < 4.78 is 26.9. The van der Waals surface area contributed by atoms with Gasteiger partial charge in [-0.1, -0.05) is 37.4 Å². The Balaban J connectivity index is 1.50. The lowest BCUT2D eigenvalue weighted by molar-refractivity contribution is -0.123. The van der Waals surface area contributed by atoms with E-state index >= 15 is 0 Å². The number of sulfonamides is 1. The second-order valence-electron chi connectivity index (χ2n) is 7.57. The maximum absolute atomic E-state index is 12.7. The second kappa shape index (κ2) is 8.90. The molecule has 0 radical (unpaired) electrons. The standard InChI is InChI=1S/C19H28ClN3O3S/c1-15-5-2-3-8-18(15)21-19(24)14-22-9-11-23(12-10-22)27(25,26)17-7-4-6-16(20)13-17/h4,6-7,13,15,18H,2-3,5,8-12,14H2,1H3,(H,21,24)/t15-,18-/m0/s1. The minimum Gasteiger partial charge on any atom is -0.352 e. The summed E-state index contributed by atoms with van der Waals surface area (Å²) in [6, 6.07) is 6.61. The molecule has 6 nitrogen and oxygen atoms in total. The summed E-state index contributed by atoms with van der Waals surface area (Å²) in [7, 11) is -3.54. The van der Waals surface area contributed by atoms with E-state index < -0.39 is 10.0 Å². The highest BCUT2D eigenvalue weighted by Crippen LogP contribution is 2.24. The van der Waals surface area contributed by atoms with Crippen LogP contribution in [-0.4, -0.2) is 62.3 Å². The number of halogens is 1. The number of nitrogens with zero attached hydrogens (tertiary/aromatic N) is 2. The number of carbonyl (C=O) groups is 1. The first-order chi connectivity index (χ1) is 12.9. The zero-order valence-electron chi connectivity index (χ0n) is 15.7. The Morgan fingerprint density at radius 2 is 1.89 bits per heavy atom. The van der Waals surface area contributed by atoms with Crippen LogP contribution in [0.15, 0.2) is 29.2 Å². The van der Waals surface area contributed by atoms with Crippen molar-refractivity contribution in [2.24, 2.45) is 5.92 Å². The normalized spacial score (nSPS) is 25.3. The van der Waals surface area contributed by atoms with Crippen molar-refractivity contribution < 1.29 is 13.2 Å². The lowest BCUT2D eigenvalue weighted by Crippen LogP contribution is -2.52. The van der Waals surface area contributed by atoms with Crippen molar-refractivity contribution >= 4 is 27.5 Å². The van der Waals surface area contributed by atoms with Gasteiger partial charge in [-0.2, -0.15) is 4.31 Å². The highest BCUT2D eigenvalue weighted by Gasteiger charge is 2.30. The van der Waals surface area contributed by atoms with E-state index in [0.717, 1.165) is 6.42 Å². The molecular weight excluding hydrogens is 386 g/mol. The van der Waals surface area contributed by atoms with Crippen LogP contribution in [0.25, 0.3) is 0 Å². The molecule has 1 aliphatic heterocycles. The van der Waals surface area contributed by atoms with Crippen molar-refractivity contribution in [2.45, 2.75) is 43.5 Å². The Bertz CT molecular complexity index is 763. The van der Waals surface area contributed by atoms with Crippen LogP contribution < -0.4 is 5.32 Å². The summed E-state index contributed by atoms with van der Waals surface area (Å²) in [6.07, 6.45) is 4.65. The van der Waals surface area contributed by atoms with Gasteiger partial charge in [-0.05, 0) is 37.0 Å². The Hall–Kier alpha value is -1.15. The highest BCUT2D eigenvalue weighted by atomic mass is 35.5. The number of piperazine rings is 1. The van der Waals surface area contributed by atoms with E-state index in [-0.39, 0.29) is 16.8 Å². The van der Waals surface area contributed by atoms with Crippen LogP contribution in [0.4, 0.5) is 0 Å². The molecule has 8 heteroatoms. The Morgan fingerprint density at radius 3 is 2.56 bits per heavy atom. The van der Waals surface area contributed by atoms with E-state index in [1.54, 1.807) is 18.2 Å². The van der Waals surface area contributed by atoms with Crippen molar-refractivity contribution in [3.63, 3.8) is 0 Å². The predicted molar refractivity (Wildman–Crippen MR) is 106 cm³/mol. The average Bonchev–Trinajstić information content (AvgIpc) is 2.64. The quantitative estimate of drug-likeness (QED) is 0.804. The molecule has 150 valence electrons. The second-order valence-corrected chi connectivity index (χ2v) is 9.95. The fourth-order valence-electron chi connectivity index (χ4n) is 3.89. The fourth-order valence-corrected chi connectivity index (χ4v) is 5.61. The number of amides is 1. The van der Waals surface area contributed by atoms with Crippen LogP contribution in [0.2, 0.25) is 5.02 Å². The molecule has 0 unspecified atom stereocenters. The third kappa shape index (κ3) is 5.22. The molecule has 2 fully saturated rings. The molecule has 1 amide bonds. The first-order valence-electron chi connectivity index (χ1n) is 9.64. The molecule has 1 saturated heterocycles. The predicted octanol–water partition coefficient (Wildman–Crippen LogP) is 2.34. The summed E-state index contributed by atoms with van der Waals surface area (Å²) in [6.45, 7) is 4.38. The highest BCUT2D eigenvalue weighted by molar-refractivity contribution is 7.89. The maximum Gasteiger partial charge on any atom is 0.243 e. The summed E-state index contributed by atoms with van der Waals surface area (Å²) in [5.74, 6) is 0.572. The Kier molecular flexibility index (Phi) is 6.78. The number of hydrogen-bond donors (Lipinski definition) is 1. The average molecular weight is 414 g/mol. The van der Waals surface area contributed by atoms with E-state index in [9.17, 15) is 13.2 Å². The van der Waals surface area contributed by atoms with Crippen LogP contribution in [0.5, 0.6) is 0 Å². The fraction of sp³-hybridized carbons (Fsp3) is 0.632. The summed E-state index contributed by atoms with van der Waals surface area (Å²) in [4.78, 5) is 14.6. The molecule has 1 aromatic carbocycles. The first-order valence-corrected chi connectivity index (χ1v) is 11.5. The topological polar surface area (TPSA) is 69.7 Å². The molecule has 0 bridgehead atoms. The van der Waals surface area contributed by atoms with Gasteiger partial charge < -0.3 is 5.32 Å². The van der Waals surface area contributed by atoms with Gasteiger partial charge in [0, 0.05) is 37.2 Å². The Morgan fingerprint density at radius 1 is 1.19 bits per heavy atom. The third-order valence-corrected chi connectivity index (χ3v) is 7.72. The molecule has 0 aromatic heterocycles. The Labute approximate surface area is 166 Å². The molecule has 1 heterocycles. The van der Waals surface area contributed by atoms with Gasteiger partial charge in [-0.3, -0.25) is 9.69 Å². The van der Waals surface area contributed by atoms with Crippen LogP contribution in [0, 0.1) is 5.92 Å². The molecule has 1 aromatic rings. The molecule has 3 rings (SSSR count). The number of hydrogen-bond acceptors (Lipinski definition) is 4. The smallest absolute Gasteiger partial charge is 0.243 e. The van der Waals surface area contributed by atoms with Gasteiger partial charge in [-0.25, -0.2) is 8.42 Å². The zero-order chi connectivity index (χ0) is 19.4. The lowest BCUT2D eigenvalue weighted by atomic mass is 9.86. The first kappa shape index (κ1) is 20.6. The van der Waals surface area contributed by atoms with E-state index in [4.69, 9.17) is 11.6 Å². The van der Waals surface area contributed by atoms with Crippen molar-refractivity contribution in [3.05, 3.63) is 29.3 Å². The molecule has 1 saturated carbocycles. The van der Waals surface area contributed by atoms with Gasteiger partial charge in [0.2, 0.25) is 15.9 Å². The van der Waals surface area contributed by atoms with Crippen molar-refractivity contribution in [1.82, 2.24) is 14.5 Å². The third-order valence-electron chi connectivity index (χ3n) is 5.59. The van der Waals surface area contributed by atoms with Crippen LogP contribution in [0.1, 0.15) is 32.6 Å². The molecule has 0 spiro atoms. The number of nitrogens with one attached hydrogen (secondary N) is 1. The van der Waals surface area contributed by atoms with Crippen molar-refractivity contribution in [2.75, 3.05) is 32.7 Å². The van der Waals surface area contributed by atoms with Gasteiger partial charge in [-0.15, -0.1) is 0 Å². The molecule has 2 atom stereocenters. The monoisotopic (exact) mass is 413 g/mol. The van der Waals surface area contributed by atoms with Gasteiger partial charge >= 0.3 is 0 Å². The van der Waals surface area contributed by atoms with Gasteiger partial charge in [0.1, 0.15) is 0 Å². The van der Waals surface area contributed by atoms with Gasteiger partial charge in [0.15, 0.2) is 0 Å². The summed E-state index contributed by atoms with van der Waals surface area (Å²) in [5, 5.41) is 3.57. The minimum atomic E-state index is -3.54. The van der Waals surface area contributed by atoms with Crippen LogP contribution in [-0.2, 0) is 14.8 Å². The molecule has 1 N–H and O–H groups in total. The largest absolute Gasteiger partial charge is 0.352 e. The van der Waals surface area contributed by atoms with Gasteiger partial charge in [0.25, 0.3) is 0 Å². The summed E-state index contributed by atoms with van der Waals surface area (Å²) in [5.41, 5.74) is 0. The number of carbonyl (C=O) groups excluding carboxylic acids is 1. The van der Waals surface area contributed by atoms with E-state index in [0.29, 0.717) is 43.7 Å². The van der Waals surface area contributed by atoms with Crippen molar-refractivity contribution in [3.8, 4) is 0 Å².